The molecule has 2 amide bonds. The predicted molar refractivity (Wildman–Crippen MR) is 135 cm³/mol. The molecular formula is C26H26BrN3O3. The highest BCUT2D eigenvalue weighted by atomic mass is 79.9. The Morgan fingerprint density at radius 3 is 2.36 bits per heavy atom. The Hall–Kier alpha value is -3.45. The minimum atomic E-state index is -0.495. The molecule has 0 bridgehead atoms. The number of amides is 2. The van der Waals surface area contributed by atoms with Gasteiger partial charge in [-0.05, 0) is 77.7 Å². The average Bonchev–Trinajstić information content (AvgIpc) is 2.76. The SMILES string of the molecule is Cc1ccc(COc2ccc(C=NNC(=O)CC(=O)Nc3ccc(C)cc3C)cc2Br)cc1. The van der Waals surface area contributed by atoms with Crippen LogP contribution >= 0.6 is 15.9 Å². The molecule has 0 radical (unpaired) electrons. The van der Waals surface area contributed by atoms with Crippen LogP contribution in [0.5, 0.6) is 5.75 Å². The fourth-order valence-corrected chi connectivity index (χ4v) is 3.58. The number of anilines is 1. The topological polar surface area (TPSA) is 79.8 Å². The zero-order chi connectivity index (χ0) is 23.8. The molecular weight excluding hydrogens is 482 g/mol. The van der Waals surface area contributed by atoms with Gasteiger partial charge in [-0.1, -0.05) is 47.5 Å². The molecule has 0 unspecified atom stereocenters. The first-order valence-corrected chi connectivity index (χ1v) is 11.3. The summed E-state index contributed by atoms with van der Waals surface area (Å²) < 4.78 is 6.64. The van der Waals surface area contributed by atoms with Crippen molar-refractivity contribution < 1.29 is 14.3 Å². The van der Waals surface area contributed by atoms with Crippen LogP contribution in [0, 0.1) is 20.8 Å². The number of ether oxygens (including phenoxy) is 1. The molecule has 3 rings (SSSR count). The van der Waals surface area contributed by atoms with Gasteiger partial charge in [0.05, 0.1) is 10.7 Å². The van der Waals surface area contributed by atoms with E-state index >= 15 is 0 Å². The van der Waals surface area contributed by atoms with E-state index in [4.69, 9.17) is 4.74 Å². The summed E-state index contributed by atoms with van der Waals surface area (Å²) in [6.45, 7) is 6.40. The van der Waals surface area contributed by atoms with Crippen LogP contribution in [0.25, 0.3) is 0 Å². The molecule has 0 saturated heterocycles. The van der Waals surface area contributed by atoms with Crippen molar-refractivity contribution in [2.24, 2.45) is 5.10 Å². The second-order valence-corrected chi connectivity index (χ2v) is 8.65. The molecule has 0 spiro atoms. The van der Waals surface area contributed by atoms with Gasteiger partial charge in [-0.25, -0.2) is 5.43 Å². The fraction of sp³-hybridized carbons (Fsp3) is 0.192. The maximum atomic E-state index is 12.1. The molecule has 0 fully saturated rings. The quantitative estimate of drug-likeness (QED) is 0.242. The van der Waals surface area contributed by atoms with Gasteiger partial charge in [0.15, 0.2) is 0 Å². The summed E-state index contributed by atoms with van der Waals surface area (Å²) in [6.07, 6.45) is 1.19. The molecule has 170 valence electrons. The van der Waals surface area contributed by atoms with E-state index < -0.39 is 11.8 Å². The minimum Gasteiger partial charge on any atom is -0.488 e. The summed E-state index contributed by atoms with van der Waals surface area (Å²) in [5.74, 6) is -0.182. The molecule has 0 saturated carbocycles. The Morgan fingerprint density at radius 2 is 1.67 bits per heavy atom. The van der Waals surface area contributed by atoms with Crippen molar-refractivity contribution in [3.8, 4) is 5.75 Å². The number of nitrogens with one attached hydrogen (secondary N) is 2. The van der Waals surface area contributed by atoms with Crippen LogP contribution in [-0.4, -0.2) is 18.0 Å². The Morgan fingerprint density at radius 1 is 0.939 bits per heavy atom. The lowest BCUT2D eigenvalue weighted by Gasteiger charge is -2.09. The lowest BCUT2D eigenvalue weighted by molar-refractivity contribution is -0.126. The van der Waals surface area contributed by atoms with Crippen molar-refractivity contribution in [2.45, 2.75) is 33.8 Å². The van der Waals surface area contributed by atoms with E-state index in [-0.39, 0.29) is 6.42 Å². The Balaban J connectivity index is 1.47. The molecule has 2 N–H and O–H groups in total. The summed E-state index contributed by atoms with van der Waals surface area (Å²) in [7, 11) is 0. The van der Waals surface area contributed by atoms with Crippen molar-refractivity contribution in [3.05, 3.63) is 93.0 Å². The van der Waals surface area contributed by atoms with Gasteiger partial charge in [0, 0.05) is 5.69 Å². The Kier molecular flexibility index (Phi) is 8.38. The largest absolute Gasteiger partial charge is 0.488 e. The molecule has 33 heavy (non-hydrogen) atoms. The summed E-state index contributed by atoms with van der Waals surface area (Å²) in [4.78, 5) is 24.1. The van der Waals surface area contributed by atoms with Crippen molar-refractivity contribution in [3.63, 3.8) is 0 Å². The van der Waals surface area contributed by atoms with Crippen molar-refractivity contribution in [1.29, 1.82) is 0 Å². The van der Waals surface area contributed by atoms with E-state index in [2.05, 4.69) is 43.9 Å². The molecule has 7 heteroatoms. The molecule has 3 aromatic rings. The van der Waals surface area contributed by atoms with Crippen LogP contribution in [0.1, 0.15) is 34.2 Å². The highest BCUT2D eigenvalue weighted by molar-refractivity contribution is 9.10. The fourth-order valence-electron chi connectivity index (χ4n) is 3.07. The van der Waals surface area contributed by atoms with Crippen LogP contribution in [0.3, 0.4) is 0 Å². The highest BCUT2D eigenvalue weighted by Crippen LogP contribution is 2.26. The third-order valence-corrected chi connectivity index (χ3v) is 5.47. The van der Waals surface area contributed by atoms with E-state index in [9.17, 15) is 9.59 Å². The number of carbonyl (C=O) groups is 2. The number of nitrogens with zero attached hydrogens (tertiary/aromatic N) is 1. The van der Waals surface area contributed by atoms with E-state index in [1.54, 1.807) is 0 Å². The Bertz CT molecular complexity index is 1170. The average molecular weight is 508 g/mol. The number of aryl methyl sites for hydroxylation is 3. The Labute approximate surface area is 202 Å². The summed E-state index contributed by atoms with van der Waals surface area (Å²) >= 11 is 3.50. The number of carbonyl (C=O) groups excluding carboxylic acids is 2. The van der Waals surface area contributed by atoms with Gasteiger partial charge < -0.3 is 10.1 Å². The number of hydrogen-bond acceptors (Lipinski definition) is 4. The first kappa shape index (κ1) is 24.2. The predicted octanol–water partition coefficient (Wildman–Crippen LogP) is 5.43. The molecule has 0 aromatic heterocycles. The standard InChI is InChI=1S/C26H26BrN3O3/c1-17-4-7-20(8-5-17)16-33-24-11-9-21(13-22(24)27)15-28-30-26(32)14-25(31)29-23-10-6-18(2)12-19(23)3/h4-13,15H,14,16H2,1-3H3,(H,29,31)(H,30,32). The van der Waals surface area contributed by atoms with Crippen LogP contribution in [-0.2, 0) is 16.2 Å². The maximum absolute atomic E-state index is 12.1. The van der Waals surface area contributed by atoms with E-state index in [0.717, 1.165) is 26.7 Å². The van der Waals surface area contributed by atoms with Gasteiger partial charge in [-0.3, -0.25) is 9.59 Å². The second kappa shape index (κ2) is 11.4. The zero-order valence-corrected chi connectivity index (χ0v) is 20.4. The van der Waals surface area contributed by atoms with Crippen molar-refractivity contribution >= 4 is 39.6 Å². The van der Waals surface area contributed by atoms with Gasteiger partial charge in [0.2, 0.25) is 11.8 Å². The number of hydrogen-bond donors (Lipinski definition) is 2. The molecule has 6 nitrogen and oxygen atoms in total. The zero-order valence-electron chi connectivity index (χ0n) is 18.8. The van der Waals surface area contributed by atoms with Gasteiger partial charge in [-0.2, -0.15) is 5.10 Å². The normalized spacial score (nSPS) is 10.8. The van der Waals surface area contributed by atoms with Crippen LogP contribution in [0.4, 0.5) is 5.69 Å². The van der Waals surface area contributed by atoms with E-state index in [1.165, 1.54) is 11.8 Å². The molecule has 0 atom stereocenters. The van der Waals surface area contributed by atoms with Gasteiger partial charge >= 0.3 is 0 Å². The molecule has 0 heterocycles. The van der Waals surface area contributed by atoms with E-state index in [1.807, 2.05) is 69.3 Å². The first-order valence-electron chi connectivity index (χ1n) is 10.5. The number of halogens is 1. The van der Waals surface area contributed by atoms with Gasteiger partial charge in [0.25, 0.3) is 0 Å². The van der Waals surface area contributed by atoms with Crippen LogP contribution in [0.15, 0.2) is 70.2 Å². The number of hydrazone groups is 1. The second-order valence-electron chi connectivity index (χ2n) is 7.80. The van der Waals surface area contributed by atoms with Crippen LogP contribution in [0.2, 0.25) is 0 Å². The van der Waals surface area contributed by atoms with Gasteiger partial charge in [0.1, 0.15) is 18.8 Å². The third-order valence-electron chi connectivity index (χ3n) is 4.85. The maximum Gasteiger partial charge on any atom is 0.249 e. The van der Waals surface area contributed by atoms with Crippen LogP contribution < -0.4 is 15.5 Å². The van der Waals surface area contributed by atoms with E-state index in [0.29, 0.717) is 18.0 Å². The molecule has 0 aliphatic rings. The smallest absolute Gasteiger partial charge is 0.249 e. The molecule has 0 aliphatic carbocycles. The monoisotopic (exact) mass is 507 g/mol. The van der Waals surface area contributed by atoms with Crippen molar-refractivity contribution in [1.82, 2.24) is 5.43 Å². The lowest BCUT2D eigenvalue weighted by Crippen LogP contribution is -2.24. The summed E-state index contributed by atoms with van der Waals surface area (Å²) in [5.41, 5.74) is 8.18. The highest BCUT2D eigenvalue weighted by Gasteiger charge is 2.10. The number of benzene rings is 3. The summed E-state index contributed by atoms with van der Waals surface area (Å²) in [6, 6.07) is 19.4. The lowest BCUT2D eigenvalue weighted by atomic mass is 10.1. The summed E-state index contributed by atoms with van der Waals surface area (Å²) in [5, 5.41) is 6.68. The molecule has 0 aliphatic heterocycles. The third kappa shape index (κ3) is 7.57. The minimum absolute atomic E-state index is 0.319. The van der Waals surface area contributed by atoms with Gasteiger partial charge in [-0.15, -0.1) is 0 Å². The number of rotatable bonds is 8. The van der Waals surface area contributed by atoms with Crippen molar-refractivity contribution in [2.75, 3.05) is 5.32 Å². The first-order chi connectivity index (χ1) is 15.8. The molecule has 3 aromatic carbocycles.